The van der Waals surface area contributed by atoms with Crippen LogP contribution < -0.4 is 5.32 Å². The summed E-state index contributed by atoms with van der Waals surface area (Å²) in [6.07, 6.45) is 4.16. The maximum atomic E-state index is 11.1. The molecular weight excluding hydrogens is 306 g/mol. The van der Waals surface area contributed by atoms with Gasteiger partial charge in [0.05, 0.1) is 17.2 Å². The second-order valence-corrected chi connectivity index (χ2v) is 6.28. The van der Waals surface area contributed by atoms with Crippen molar-refractivity contribution >= 4 is 5.69 Å². The van der Waals surface area contributed by atoms with Crippen molar-refractivity contribution in [3.63, 3.8) is 0 Å². The third-order valence-electron chi connectivity index (χ3n) is 4.59. The van der Waals surface area contributed by atoms with Crippen molar-refractivity contribution in [2.24, 2.45) is 0 Å². The van der Waals surface area contributed by atoms with E-state index in [1.54, 1.807) is 25.3 Å². The summed E-state index contributed by atoms with van der Waals surface area (Å²) in [5.74, 6) is 0.972. The topological polar surface area (TPSA) is 71.5 Å². The molecule has 1 unspecified atom stereocenters. The molecule has 0 aliphatic carbocycles. The zero-order chi connectivity index (χ0) is 16.9. The Labute approximate surface area is 141 Å². The lowest BCUT2D eigenvalue weighted by Gasteiger charge is -2.26. The maximum absolute atomic E-state index is 11.1. The molecule has 0 amide bonds. The fourth-order valence-electron chi connectivity index (χ4n) is 3.26. The molecule has 0 bridgehead atoms. The number of aryl methyl sites for hydroxylation is 1. The van der Waals surface area contributed by atoms with Gasteiger partial charge in [0.25, 0.3) is 5.69 Å². The van der Waals surface area contributed by atoms with E-state index >= 15 is 0 Å². The van der Waals surface area contributed by atoms with Gasteiger partial charge in [-0.1, -0.05) is 12.1 Å². The highest BCUT2D eigenvalue weighted by Crippen LogP contribution is 2.25. The lowest BCUT2D eigenvalue weighted by atomic mass is 10.1. The Kier molecular flexibility index (Phi) is 5.27. The number of nitro groups is 1. The van der Waals surface area contributed by atoms with Crippen molar-refractivity contribution in [3.8, 4) is 0 Å². The van der Waals surface area contributed by atoms with Gasteiger partial charge in [-0.3, -0.25) is 15.0 Å². The van der Waals surface area contributed by atoms with Gasteiger partial charge in [-0.25, -0.2) is 0 Å². The molecule has 0 saturated carbocycles. The first kappa shape index (κ1) is 16.7. The summed E-state index contributed by atoms with van der Waals surface area (Å²) >= 11 is 0. The molecular formula is C18H23N3O3. The van der Waals surface area contributed by atoms with Crippen LogP contribution in [0, 0.1) is 17.0 Å². The summed E-state index contributed by atoms with van der Waals surface area (Å²) in [7, 11) is 0. The first-order valence-electron chi connectivity index (χ1n) is 8.37. The predicted molar refractivity (Wildman–Crippen MR) is 91.8 cm³/mol. The summed E-state index contributed by atoms with van der Waals surface area (Å²) in [4.78, 5) is 13.2. The Morgan fingerprint density at radius 1 is 1.33 bits per heavy atom. The van der Waals surface area contributed by atoms with E-state index in [2.05, 4.69) is 10.2 Å². The standard InChI is InChI=1S/C18H23N3O3/c1-14-6-7-15(11-16(14)21(22)23)12-19-13-17(18-5-4-10-24-18)20-8-2-3-9-20/h4-7,10-11,17,19H,2-3,8-9,12-13H2,1H3. The summed E-state index contributed by atoms with van der Waals surface area (Å²) < 4.78 is 5.61. The minimum absolute atomic E-state index is 0.177. The van der Waals surface area contributed by atoms with Crippen LogP contribution >= 0.6 is 0 Å². The third-order valence-corrected chi connectivity index (χ3v) is 4.59. The van der Waals surface area contributed by atoms with Gasteiger partial charge in [0.1, 0.15) is 5.76 Å². The van der Waals surface area contributed by atoms with E-state index in [-0.39, 0.29) is 16.7 Å². The molecule has 1 aromatic heterocycles. The molecule has 6 heteroatoms. The number of rotatable bonds is 7. The summed E-state index contributed by atoms with van der Waals surface area (Å²) in [6, 6.07) is 9.54. The number of likely N-dealkylation sites (tertiary alicyclic amines) is 1. The lowest BCUT2D eigenvalue weighted by Crippen LogP contribution is -2.33. The second kappa shape index (κ2) is 7.59. The van der Waals surface area contributed by atoms with Gasteiger partial charge in [-0.15, -0.1) is 0 Å². The van der Waals surface area contributed by atoms with Crippen LogP contribution in [0.1, 0.15) is 35.8 Å². The Morgan fingerprint density at radius 2 is 2.12 bits per heavy atom. The molecule has 1 atom stereocenters. The van der Waals surface area contributed by atoms with Crippen molar-refractivity contribution < 1.29 is 9.34 Å². The largest absolute Gasteiger partial charge is 0.468 e. The van der Waals surface area contributed by atoms with E-state index in [0.717, 1.165) is 31.0 Å². The van der Waals surface area contributed by atoms with Crippen molar-refractivity contribution in [1.82, 2.24) is 10.2 Å². The zero-order valence-electron chi connectivity index (χ0n) is 13.9. The number of nitro benzene ring substituents is 1. The van der Waals surface area contributed by atoms with Gasteiger partial charge in [0, 0.05) is 24.7 Å². The summed E-state index contributed by atoms with van der Waals surface area (Å²) in [5, 5.41) is 14.5. The van der Waals surface area contributed by atoms with Crippen LogP contribution in [0.15, 0.2) is 41.0 Å². The molecule has 1 N–H and O–H groups in total. The highest BCUT2D eigenvalue weighted by Gasteiger charge is 2.25. The normalized spacial score (nSPS) is 16.4. The van der Waals surface area contributed by atoms with E-state index in [1.807, 2.05) is 18.2 Å². The molecule has 3 rings (SSSR count). The van der Waals surface area contributed by atoms with Gasteiger partial charge in [0.15, 0.2) is 0 Å². The molecule has 24 heavy (non-hydrogen) atoms. The number of furan rings is 1. The quantitative estimate of drug-likeness (QED) is 0.622. The van der Waals surface area contributed by atoms with Gasteiger partial charge < -0.3 is 9.73 Å². The number of nitrogens with one attached hydrogen (secondary N) is 1. The van der Waals surface area contributed by atoms with Crippen molar-refractivity contribution in [2.75, 3.05) is 19.6 Å². The Balaban J connectivity index is 1.63. The number of nitrogens with zero attached hydrogens (tertiary/aromatic N) is 2. The fourth-order valence-corrected chi connectivity index (χ4v) is 3.26. The minimum Gasteiger partial charge on any atom is -0.468 e. The highest BCUT2D eigenvalue weighted by atomic mass is 16.6. The molecule has 0 spiro atoms. The van der Waals surface area contributed by atoms with E-state index in [4.69, 9.17) is 4.42 Å². The lowest BCUT2D eigenvalue weighted by molar-refractivity contribution is -0.385. The van der Waals surface area contributed by atoms with Crippen molar-refractivity contribution in [1.29, 1.82) is 0 Å². The third kappa shape index (κ3) is 3.83. The summed E-state index contributed by atoms with van der Waals surface area (Å²) in [6.45, 7) is 5.29. The molecule has 1 saturated heterocycles. The van der Waals surface area contributed by atoms with Crippen LogP contribution in [0.5, 0.6) is 0 Å². The molecule has 2 heterocycles. The molecule has 1 aliphatic rings. The number of hydrogen-bond donors (Lipinski definition) is 1. The van der Waals surface area contributed by atoms with Gasteiger partial charge in [-0.2, -0.15) is 0 Å². The van der Waals surface area contributed by atoms with E-state index < -0.39 is 0 Å². The first-order valence-corrected chi connectivity index (χ1v) is 8.37. The first-order chi connectivity index (χ1) is 11.6. The fraction of sp³-hybridized carbons (Fsp3) is 0.444. The Bertz CT molecular complexity index is 679. The van der Waals surface area contributed by atoms with Crippen LogP contribution in [-0.2, 0) is 6.54 Å². The molecule has 1 aromatic carbocycles. The summed E-state index contributed by atoms with van der Waals surface area (Å²) in [5.41, 5.74) is 1.79. The average Bonchev–Trinajstić information content (AvgIpc) is 3.26. The SMILES string of the molecule is Cc1ccc(CNCC(c2ccco2)N2CCCC2)cc1[N+](=O)[O-]. The molecule has 1 fully saturated rings. The smallest absolute Gasteiger partial charge is 0.272 e. The van der Waals surface area contributed by atoms with E-state index in [1.165, 1.54) is 12.8 Å². The van der Waals surface area contributed by atoms with E-state index in [0.29, 0.717) is 12.1 Å². The van der Waals surface area contributed by atoms with Crippen molar-refractivity contribution in [2.45, 2.75) is 32.4 Å². The zero-order valence-corrected chi connectivity index (χ0v) is 13.9. The minimum atomic E-state index is -0.325. The van der Waals surface area contributed by atoms with Gasteiger partial charge >= 0.3 is 0 Å². The maximum Gasteiger partial charge on any atom is 0.272 e. The van der Waals surface area contributed by atoms with Crippen molar-refractivity contribution in [3.05, 3.63) is 63.6 Å². The highest BCUT2D eigenvalue weighted by molar-refractivity contribution is 5.42. The van der Waals surface area contributed by atoms with Gasteiger partial charge in [0.2, 0.25) is 0 Å². The average molecular weight is 329 g/mol. The predicted octanol–water partition coefficient (Wildman–Crippen LogP) is 3.42. The van der Waals surface area contributed by atoms with Crippen LogP contribution in [0.3, 0.4) is 0 Å². The molecule has 0 radical (unpaired) electrons. The molecule has 6 nitrogen and oxygen atoms in total. The van der Waals surface area contributed by atoms with Crippen LogP contribution in [0.2, 0.25) is 0 Å². The number of benzene rings is 1. The van der Waals surface area contributed by atoms with Crippen LogP contribution in [0.25, 0.3) is 0 Å². The number of hydrogen-bond acceptors (Lipinski definition) is 5. The molecule has 2 aromatic rings. The Morgan fingerprint density at radius 3 is 2.79 bits per heavy atom. The molecule has 128 valence electrons. The molecule has 1 aliphatic heterocycles. The monoisotopic (exact) mass is 329 g/mol. The van der Waals surface area contributed by atoms with E-state index in [9.17, 15) is 10.1 Å². The van der Waals surface area contributed by atoms with Crippen LogP contribution in [-0.4, -0.2) is 29.5 Å². The van der Waals surface area contributed by atoms with Crippen LogP contribution in [0.4, 0.5) is 5.69 Å². The second-order valence-electron chi connectivity index (χ2n) is 6.28. The van der Waals surface area contributed by atoms with Gasteiger partial charge in [-0.05, 0) is 50.6 Å². The Hall–Kier alpha value is -2.18.